The molecule has 0 radical (unpaired) electrons. The molecule has 1 atom stereocenters. The van der Waals surface area contributed by atoms with Crippen LogP contribution in [0.25, 0.3) is 0 Å². The molecule has 1 aliphatic carbocycles. The number of piperazine rings is 1. The van der Waals surface area contributed by atoms with Gasteiger partial charge < -0.3 is 5.32 Å². The van der Waals surface area contributed by atoms with Gasteiger partial charge in [0.25, 0.3) is 0 Å². The van der Waals surface area contributed by atoms with E-state index in [0.29, 0.717) is 25.9 Å². The molecular formula is C10H19ClF3N3O2S. The third-order valence-electron chi connectivity index (χ3n) is 3.41. The zero-order chi connectivity index (χ0) is 14.1. The van der Waals surface area contributed by atoms with Gasteiger partial charge in [-0.15, -0.1) is 12.4 Å². The normalized spacial score (nSPS) is 23.1. The van der Waals surface area contributed by atoms with Crippen LogP contribution >= 0.6 is 12.4 Å². The summed E-state index contributed by atoms with van der Waals surface area (Å²) in [5.41, 5.74) is 0. The van der Waals surface area contributed by atoms with E-state index in [0.717, 1.165) is 0 Å². The second-order valence-corrected chi connectivity index (χ2v) is 6.98. The lowest BCUT2D eigenvalue weighted by Gasteiger charge is -2.35. The summed E-state index contributed by atoms with van der Waals surface area (Å²) >= 11 is 0. The summed E-state index contributed by atoms with van der Waals surface area (Å²) in [6.45, 7) is 0.927. The fourth-order valence-corrected chi connectivity index (χ4v) is 3.52. The summed E-state index contributed by atoms with van der Waals surface area (Å²) in [5.74, 6) is 0. The monoisotopic (exact) mass is 337 g/mol. The Bertz CT molecular complexity index is 408. The zero-order valence-electron chi connectivity index (χ0n) is 10.8. The van der Waals surface area contributed by atoms with Crippen LogP contribution in [-0.2, 0) is 10.0 Å². The van der Waals surface area contributed by atoms with Crippen LogP contribution in [0, 0.1) is 0 Å². The molecule has 2 fully saturated rings. The van der Waals surface area contributed by atoms with Crippen LogP contribution in [0.3, 0.4) is 0 Å². The fraction of sp³-hybridized carbons (Fsp3) is 1.00. The first-order chi connectivity index (χ1) is 8.81. The molecule has 1 saturated heterocycles. The summed E-state index contributed by atoms with van der Waals surface area (Å²) in [6, 6.07) is -1.75. The molecule has 1 heterocycles. The summed E-state index contributed by atoms with van der Waals surface area (Å²) in [7, 11) is -3.57. The second-order valence-electron chi connectivity index (χ2n) is 4.94. The van der Waals surface area contributed by atoms with Gasteiger partial charge in [0.1, 0.15) is 6.04 Å². The molecule has 2 aliphatic rings. The molecule has 2 rings (SSSR count). The SMILES string of the molecule is Cl.O=S(=O)(NCC(N1CCNCC1)C(F)(F)F)C1CC1. The molecular weight excluding hydrogens is 319 g/mol. The maximum Gasteiger partial charge on any atom is 0.405 e. The van der Waals surface area contributed by atoms with Gasteiger partial charge in [-0.2, -0.15) is 13.2 Å². The Labute approximate surface area is 122 Å². The molecule has 10 heteroatoms. The Morgan fingerprint density at radius 1 is 1.25 bits per heavy atom. The number of halogens is 4. The Hall–Kier alpha value is -0.0900. The summed E-state index contributed by atoms with van der Waals surface area (Å²) < 4.78 is 64.3. The zero-order valence-corrected chi connectivity index (χ0v) is 12.5. The topological polar surface area (TPSA) is 61.4 Å². The molecule has 20 heavy (non-hydrogen) atoms. The summed E-state index contributed by atoms with van der Waals surface area (Å²) in [5, 5.41) is 2.48. The predicted octanol–water partition coefficient (Wildman–Crippen LogP) is 0.326. The van der Waals surface area contributed by atoms with Crippen molar-refractivity contribution in [1.82, 2.24) is 14.9 Å². The molecule has 1 aliphatic heterocycles. The minimum absolute atomic E-state index is 0. The molecule has 120 valence electrons. The molecule has 0 aromatic heterocycles. The summed E-state index contributed by atoms with van der Waals surface area (Å²) in [6.07, 6.45) is -3.34. The highest BCUT2D eigenvalue weighted by Gasteiger charge is 2.45. The molecule has 1 saturated carbocycles. The number of rotatable bonds is 5. The Morgan fingerprint density at radius 2 is 1.80 bits per heavy atom. The first-order valence-corrected chi connectivity index (χ1v) is 7.85. The van der Waals surface area contributed by atoms with Crippen LogP contribution < -0.4 is 10.0 Å². The van der Waals surface area contributed by atoms with E-state index in [1.54, 1.807) is 0 Å². The van der Waals surface area contributed by atoms with Gasteiger partial charge in [0.15, 0.2) is 0 Å². The van der Waals surface area contributed by atoms with Crippen molar-refractivity contribution >= 4 is 22.4 Å². The average Bonchev–Trinajstić information content (AvgIpc) is 3.12. The maximum atomic E-state index is 13.0. The van der Waals surface area contributed by atoms with E-state index in [1.165, 1.54) is 4.90 Å². The van der Waals surface area contributed by atoms with Crippen molar-refractivity contribution in [1.29, 1.82) is 0 Å². The van der Waals surface area contributed by atoms with Gasteiger partial charge >= 0.3 is 6.18 Å². The maximum absolute atomic E-state index is 13.0. The first-order valence-electron chi connectivity index (χ1n) is 6.30. The molecule has 2 N–H and O–H groups in total. The van der Waals surface area contributed by atoms with Crippen molar-refractivity contribution in [2.24, 2.45) is 0 Å². The minimum Gasteiger partial charge on any atom is -0.314 e. The van der Waals surface area contributed by atoms with E-state index in [4.69, 9.17) is 0 Å². The number of hydrogen-bond acceptors (Lipinski definition) is 4. The number of nitrogens with one attached hydrogen (secondary N) is 2. The van der Waals surface area contributed by atoms with Crippen molar-refractivity contribution < 1.29 is 21.6 Å². The number of sulfonamides is 1. The highest BCUT2D eigenvalue weighted by molar-refractivity contribution is 7.90. The Balaban J connectivity index is 0.00000200. The molecule has 0 bridgehead atoms. The quantitative estimate of drug-likeness (QED) is 0.759. The van der Waals surface area contributed by atoms with Crippen molar-refractivity contribution in [3.63, 3.8) is 0 Å². The minimum atomic E-state index is -4.43. The van der Waals surface area contributed by atoms with Gasteiger partial charge in [-0.3, -0.25) is 4.90 Å². The third-order valence-corrected chi connectivity index (χ3v) is 5.33. The van der Waals surface area contributed by atoms with Crippen LogP contribution in [0.1, 0.15) is 12.8 Å². The van der Waals surface area contributed by atoms with E-state index < -0.39 is 34.0 Å². The third kappa shape index (κ3) is 4.73. The lowest BCUT2D eigenvalue weighted by atomic mass is 10.2. The van der Waals surface area contributed by atoms with Crippen molar-refractivity contribution in [3.8, 4) is 0 Å². The van der Waals surface area contributed by atoms with Crippen LogP contribution in [0.5, 0.6) is 0 Å². The van der Waals surface area contributed by atoms with Gasteiger partial charge in [0, 0.05) is 32.7 Å². The fourth-order valence-electron chi connectivity index (χ4n) is 2.14. The Kier molecular flexibility index (Phi) is 6.09. The average molecular weight is 338 g/mol. The predicted molar refractivity (Wildman–Crippen MR) is 71.5 cm³/mol. The number of hydrogen-bond donors (Lipinski definition) is 2. The Morgan fingerprint density at radius 3 is 2.25 bits per heavy atom. The van der Waals surface area contributed by atoms with E-state index >= 15 is 0 Å². The largest absolute Gasteiger partial charge is 0.405 e. The van der Waals surface area contributed by atoms with E-state index in [1.807, 2.05) is 0 Å². The molecule has 5 nitrogen and oxygen atoms in total. The van der Waals surface area contributed by atoms with Crippen LogP contribution in [0.2, 0.25) is 0 Å². The number of nitrogens with zero attached hydrogens (tertiary/aromatic N) is 1. The molecule has 0 amide bonds. The van der Waals surface area contributed by atoms with Gasteiger partial charge in [0.2, 0.25) is 10.0 Å². The van der Waals surface area contributed by atoms with E-state index in [2.05, 4.69) is 10.0 Å². The van der Waals surface area contributed by atoms with Gasteiger partial charge in [-0.1, -0.05) is 0 Å². The molecule has 0 aromatic rings. The lowest BCUT2D eigenvalue weighted by Crippen LogP contribution is -2.57. The smallest absolute Gasteiger partial charge is 0.314 e. The van der Waals surface area contributed by atoms with Crippen LogP contribution in [0.15, 0.2) is 0 Å². The van der Waals surface area contributed by atoms with Crippen LogP contribution in [0.4, 0.5) is 13.2 Å². The van der Waals surface area contributed by atoms with Crippen LogP contribution in [-0.4, -0.2) is 63.5 Å². The summed E-state index contributed by atoms with van der Waals surface area (Å²) in [4.78, 5) is 1.28. The lowest BCUT2D eigenvalue weighted by molar-refractivity contribution is -0.182. The van der Waals surface area contributed by atoms with Crippen molar-refractivity contribution in [2.75, 3.05) is 32.7 Å². The standard InChI is InChI=1S/C10H18F3N3O2S.ClH/c11-10(12,13)9(16-5-3-14-4-6-16)7-15-19(17,18)8-1-2-8;/h8-9,14-15H,1-7H2;1H. The van der Waals surface area contributed by atoms with Crippen molar-refractivity contribution in [2.45, 2.75) is 30.3 Å². The molecule has 0 aromatic carbocycles. The molecule has 1 unspecified atom stereocenters. The second kappa shape index (κ2) is 6.78. The highest BCUT2D eigenvalue weighted by atomic mass is 35.5. The van der Waals surface area contributed by atoms with Crippen molar-refractivity contribution in [3.05, 3.63) is 0 Å². The van der Waals surface area contributed by atoms with E-state index in [-0.39, 0.29) is 25.5 Å². The molecule has 0 spiro atoms. The number of alkyl halides is 3. The van der Waals surface area contributed by atoms with Gasteiger partial charge in [-0.05, 0) is 12.8 Å². The van der Waals surface area contributed by atoms with Gasteiger partial charge in [-0.25, -0.2) is 13.1 Å². The highest BCUT2D eigenvalue weighted by Crippen LogP contribution is 2.29. The first kappa shape index (κ1) is 18.0. The van der Waals surface area contributed by atoms with Gasteiger partial charge in [0.05, 0.1) is 5.25 Å². The van der Waals surface area contributed by atoms with E-state index in [9.17, 15) is 21.6 Å².